The molecule has 0 saturated heterocycles. The van der Waals surface area contributed by atoms with Crippen LogP contribution in [0, 0.1) is 0 Å². The summed E-state index contributed by atoms with van der Waals surface area (Å²) in [5.74, 6) is 0.542. The molecule has 2 aromatic carbocycles. The van der Waals surface area contributed by atoms with Crippen LogP contribution >= 0.6 is 0 Å². The topological polar surface area (TPSA) is 57.0 Å². The molecule has 0 N–H and O–H groups in total. The van der Waals surface area contributed by atoms with Crippen molar-refractivity contribution in [3.05, 3.63) is 60.2 Å². The number of nitrogens with zero attached hydrogens (tertiary/aromatic N) is 3. The third-order valence-electron chi connectivity index (χ3n) is 3.09. The van der Waals surface area contributed by atoms with Crippen molar-refractivity contribution in [1.29, 1.82) is 0 Å². The van der Waals surface area contributed by atoms with Crippen molar-refractivity contribution in [3.8, 4) is 5.75 Å². The Kier molecular flexibility index (Phi) is 3.47. The Hall–Kier alpha value is -2.95. The predicted octanol–water partition coefficient (Wildman–Crippen LogP) is 2.79. The maximum Gasteiger partial charge on any atom is 0.272 e. The largest absolute Gasteiger partial charge is 0.497 e. The Morgan fingerprint density at radius 1 is 1.14 bits per heavy atom. The van der Waals surface area contributed by atoms with Crippen LogP contribution in [0.3, 0.4) is 0 Å². The zero-order chi connectivity index (χ0) is 14.7. The van der Waals surface area contributed by atoms with Crippen LogP contribution in [0.25, 0.3) is 17.1 Å². The maximum absolute atomic E-state index is 12.2. The van der Waals surface area contributed by atoms with Crippen molar-refractivity contribution in [2.75, 3.05) is 7.11 Å². The van der Waals surface area contributed by atoms with Crippen LogP contribution in [0.4, 0.5) is 0 Å². The van der Waals surface area contributed by atoms with Gasteiger partial charge in [-0.25, -0.2) is 0 Å². The number of fused-ring (bicyclic) bond motifs is 1. The van der Waals surface area contributed by atoms with Gasteiger partial charge in [0.15, 0.2) is 0 Å². The Morgan fingerprint density at radius 2 is 1.90 bits per heavy atom. The van der Waals surface area contributed by atoms with E-state index >= 15 is 0 Å². The van der Waals surface area contributed by atoms with E-state index in [9.17, 15) is 4.79 Å². The lowest BCUT2D eigenvalue weighted by atomic mass is 10.2. The van der Waals surface area contributed by atoms with Gasteiger partial charge in [-0.3, -0.25) is 4.79 Å². The summed E-state index contributed by atoms with van der Waals surface area (Å²) in [7, 11) is 1.62. The van der Waals surface area contributed by atoms with Gasteiger partial charge in [0, 0.05) is 6.08 Å². The summed E-state index contributed by atoms with van der Waals surface area (Å²) in [5, 5.41) is 7.84. The highest BCUT2D eigenvalue weighted by Crippen LogP contribution is 2.13. The highest BCUT2D eigenvalue weighted by atomic mass is 16.5. The van der Waals surface area contributed by atoms with E-state index in [1.807, 2.05) is 48.5 Å². The summed E-state index contributed by atoms with van der Waals surface area (Å²) < 4.78 is 6.38. The zero-order valence-electron chi connectivity index (χ0n) is 11.4. The van der Waals surface area contributed by atoms with Crippen molar-refractivity contribution >= 4 is 23.0 Å². The molecule has 5 heteroatoms. The Labute approximate surface area is 121 Å². The number of para-hydroxylation sites is 1. The van der Waals surface area contributed by atoms with Crippen LogP contribution in [0.2, 0.25) is 0 Å². The average Bonchev–Trinajstić information content (AvgIpc) is 2.97. The van der Waals surface area contributed by atoms with Gasteiger partial charge < -0.3 is 4.74 Å². The monoisotopic (exact) mass is 279 g/mol. The first-order valence-electron chi connectivity index (χ1n) is 6.45. The van der Waals surface area contributed by atoms with Gasteiger partial charge in [0.05, 0.1) is 12.6 Å². The number of hydrogen-bond donors (Lipinski definition) is 0. The molecule has 0 spiro atoms. The van der Waals surface area contributed by atoms with E-state index in [1.165, 1.54) is 10.8 Å². The second kappa shape index (κ2) is 5.58. The van der Waals surface area contributed by atoms with Gasteiger partial charge in [-0.15, -0.1) is 5.10 Å². The van der Waals surface area contributed by atoms with Crippen LogP contribution in [-0.2, 0) is 0 Å². The molecule has 0 amide bonds. The fourth-order valence-electron chi connectivity index (χ4n) is 1.98. The number of carbonyl (C=O) groups excluding carboxylic acids is 1. The van der Waals surface area contributed by atoms with Gasteiger partial charge in [-0.2, -0.15) is 4.68 Å². The fourth-order valence-corrected chi connectivity index (χ4v) is 1.98. The minimum Gasteiger partial charge on any atom is -0.497 e. The molecule has 0 atom stereocenters. The lowest BCUT2D eigenvalue weighted by Crippen LogP contribution is -2.08. The maximum atomic E-state index is 12.2. The minimum absolute atomic E-state index is 0.237. The van der Waals surface area contributed by atoms with Crippen LogP contribution in [0.15, 0.2) is 54.6 Å². The number of rotatable bonds is 3. The van der Waals surface area contributed by atoms with E-state index in [-0.39, 0.29) is 5.91 Å². The molecule has 1 aromatic heterocycles. The van der Waals surface area contributed by atoms with Crippen LogP contribution in [0.1, 0.15) is 10.4 Å². The molecular formula is C16H13N3O2. The lowest BCUT2D eigenvalue weighted by Gasteiger charge is -1.99. The first-order valence-corrected chi connectivity index (χ1v) is 6.45. The SMILES string of the molecule is COc1ccc(C=CC(=O)n2nnc3ccccc32)cc1. The third kappa shape index (κ3) is 2.67. The quantitative estimate of drug-likeness (QED) is 0.692. The van der Waals surface area contributed by atoms with Crippen LogP contribution < -0.4 is 4.74 Å². The van der Waals surface area contributed by atoms with Crippen LogP contribution in [0.5, 0.6) is 5.75 Å². The highest BCUT2D eigenvalue weighted by Gasteiger charge is 2.08. The van der Waals surface area contributed by atoms with E-state index in [0.29, 0.717) is 11.0 Å². The minimum atomic E-state index is -0.237. The molecule has 21 heavy (non-hydrogen) atoms. The number of methoxy groups -OCH3 is 1. The van der Waals surface area contributed by atoms with E-state index in [1.54, 1.807) is 13.2 Å². The summed E-state index contributed by atoms with van der Waals surface area (Å²) in [6.07, 6.45) is 3.21. The number of allylic oxidation sites excluding steroid dienone is 1. The molecule has 1 heterocycles. The molecule has 0 unspecified atom stereocenters. The Morgan fingerprint density at radius 3 is 2.67 bits per heavy atom. The fraction of sp³-hybridized carbons (Fsp3) is 0.0625. The lowest BCUT2D eigenvalue weighted by molar-refractivity contribution is 0.0958. The summed E-state index contributed by atoms with van der Waals surface area (Å²) in [4.78, 5) is 12.2. The van der Waals surface area contributed by atoms with E-state index in [0.717, 1.165) is 11.3 Å². The molecule has 0 aliphatic carbocycles. The highest BCUT2D eigenvalue weighted by molar-refractivity contribution is 5.98. The van der Waals surface area contributed by atoms with Gasteiger partial charge in [-0.05, 0) is 35.9 Å². The van der Waals surface area contributed by atoms with Gasteiger partial charge in [0.2, 0.25) is 0 Å². The number of carbonyl (C=O) groups is 1. The number of benzene rings is 2. The van der Waals surface area contributed by atoms with Gasteiger partial charge in [0.25, 0.3) is 5.91 Å². The first-order chi connectivity index (χ1) is 10.3. The molecule has 0 radical (unpaired) electrons. The summed E-state index contributed by atoms with van der Waals surface area (Å²) in [6.45, 7) is 0. The summed E-state index contributed by atoms with van der Waals surface area (Å²) in [5.41, 5.74) is 2.30. The molecule has 0 fully saturated rings. The molecule has 104 valence electrons. The zero-order valence-corrected chi connectivity index (χ0v) is 11.4. The van der Waals surface area contributed by atoms with E-state index in [2.05, 4.69) is 10.3 Å². The summed E-state index contributed by atoms with van der Waals surface area (Å²) in [6, 6.07) is 14.8. The van der Waals surface area contributed by atoms with Gasteiger partial charge >= 0.3 is 0 Å². The average molecular weight is 279 g/mol. The first kappa shape index (κ1) is 13.1. The van der Waals surface area contributed by atoms with Crippen molar-refractivity contribution in [2.45, 2.75) is 0 Å². The van der Waals surface area contributed by atoms with Gasteiger partial charge in [0.1, 0.15) is 11.3 Å². The Bertz CT molecular complexity index is 804. The third-order valence-corrected chi connectivity index (χ3v) is 3.09. The molecule has 3 rings (SSSR count). The standard InChI is InChI=1S/C16H13N3O2/c1-21-13-9-6-12(7-10-13)8-11-16(20)19-15-5-3-2-4-14(15)17-18-19/h2-11H,1H3. The molecule has 5 nitrogen and oxygen atoms in total. The smallest absolute Gasteiger partial charge is 0.272 e. The number of aromatic nitrogens is 3. The second-order valence-corrected chi connectivity index (χ2v) is 4.43. The Balaban J connectivity index is 1.83. The van der Waals surface area contributed by atoms with Crippen molar-refractivity contribution in [1.82, 2.24) is 15.0 Å². The van der Waals surface area contributed by atoms with E-state index < -0.39 is 0 Å². The normalized spacial score (nSPS) is 11.1. The molecular weight excluding hydrogens is 266 g/mol. The van der Waals surface area contributed by atoms with Crippen LogP contribution in [-0.4, -0.2) is 28.0 Å². The van der Waals surface area contributed by atoms with E-state index in [4.69, 9.17) is 4.74 Å². The second-order valence-electron chi connectivity index (χ2n) is 4.43. The summed E-state index contributed by atoms with van der Waals surface area (Å²) >= 11 is 0. The number of hydrogen-bond acceptors (Lipinski definition) is 4. The van der Waals surface area contributed by atoms with Crippen molar-refractivity contribution in [3.63, 3.8) is 0 Å². The molecule has 0 aliphatic rings. The molecule has 0 saturated carbocycles. The molecule has 3 aromatic rings. The van der Waals surface area contributed by atoms with Gasteiger partial charge in [-0.1, -0.05) is 29.5 Å². The molecule has 0 bridgehead atoms. The number of ether oxygens (including phenoxy) is 1. The predicted molar refractivity (Wildman–Crippen MR) is 80.2 cm³/mol. The van der Waals surface area contributed by atoms with Crippen molar-refractivity contribution < 1.29 is 9.53 Å². The molecule has 0 aliphatic heterocycles. The van der Waals surface area contributed by atoms with Crippen molar-refractivity contribution in [2.24, 2.45) is 0 Å².